The van der Waals surface area contributed by atoms with Crippen molar-refractivity contribution < 1.29 is 4.79 Å². The maximum absolute atomic E-state index is 12.3. The highest BCUT2D eigenvalue weighted by Gasteiger charge is 2.27. The zero-order chi connectivity index (χ0) is 14.7. The fourth-order valence-electron chi connectivity index (χ4n) is 2.42. The first-order valence-corrected chi connectivity index (χ1v) is 7.78. The SMILES string of the molecule is Cc1c(Cl)c2nncn2c2sc(C(=O)NC3CC3)c(N)c12. The Labute approximate surface area is 128 Å². The number of aryl methyl sites for hydroxylation is 1. The van der Waals surface area contributed by atoms with Crippen LogP contribution in [0.2, 0.25) is 5.02 Å². The molecule has 6 nitrogen and oxygen atoms in total. The molecule has 0 saturated heterocycles. The Morgan fingerprint density at radius 2 is 2.33 bits per heavy atom. The van der Waals surface area contributed by atoms with Crippen molar-refractivity contribution in [3.63, 3.8) is 0 Å². The Balaban J connectivity index is 2.00. The summed E-state index contributed by atoms with van der Waals surface area (Å²) in [6.45, 7) is 1.88. The van der Waals surface area contributed by atoms with Crippen LogP contribution in [0.5, 0.6) is 0 Å². The number of pyridine rings is 1. The van der Waals surface area contributed by atoms with Crippen LogP contribution in [0.1, 0.15) is 28.1 Å². The molecule has 0 unspecified atom stereocenters. The Morgan fingerprint density at radius 1 is 1.57 bits per heavy atom. The van der Waals surface area contributed by atoms with Gasteiger partial charge in [0, 0.05) is 11.4 Å². The summed E-state index contributed by atoms with van der Waals surface area (Å²) in [5.41, 5.74) is 8.08. The number of carbonyl (C=O) groups excluding carboxylic acids is 1. The minimum Gasteiger partial charge on any atom is -0.397 e. The maximum Gasteiger partial charge on any atom is 0.263 e. The van der Waals surface area contributed by atoms with Gasteiger partial charge in [0.15, 0.2) is 5.65 Å². The van der Waals surface area contributed by atoms with E-state index in [1.807, 2.05) is 6.92 Å². The van der Waals surface area contributed by atoms with E-state index in [-0.39, 0.29) is 5.91 Å². The monoisotopic (exact) mass is 321 g/mol. The Bertz CT molecular complexity index is 895. The molecule has 3 aromatic heterocycles. The molecule has 0 spiro atoms. The highest BCUT2D eigenvalue weighted by molar-refractivity contribution is 7.21. The van der Waals surface area contributed by atoms with Crippen molar-refractivity contribution in [3.05, 3.63) is 21.8 Å². The van der Waals surface area contributed by atoms with E-state index in [9.17, 15) is 4.79 Å². The number of aromatic nitrogens is 3. The summed E-state index contributed by atoms with van der Waals surface area (Å²) in [6.07, 6.45) is 3.66. The fraction of sp³-hybridized carbons (Fsp3) is 0.308. The molecule has 1 aliphatic rings. The molecule has 21 heavy (non-hydrogen) atoms. The lowest BCUT2D eigenvalue weighted by molar-refractivity contribution is 0.0956. The number of halogens is 1. The predicted molar refractivity (Wildman–Crippen MR) is 83.0 cm³/mol. The van der Waals surface area contributed by atoms with Crippen LogP contribution in [0.25, 0.3) is 15.9 Å². The molecule has 0 aromatic carbocycles. The largest absolute Gasteiger partial charge is 0.397 e. The number of amides is 1. The van der Waals surface area contributed by atoms with Crippen molar-refractivity contribution >= 4 is 50.4 Å². The second kappa shape index (κ2) is 4.32. The summed E-state index contributed by atoms with van der Waals surface area (Å²) in [5.74, 6) is -0.118. The van der Waals surface area contributed by atoms with Crippen LogP contribution in [0.3, 0.4) is 0 Å². The molecule has 108 valence electrons. The third-order valence-corrected chi connectivity index (χ3v) is 5.37. The van der Waals surface area contributed by atoms with Crippen LogP contribution in [-0.4, -0.2) is 26.5 Å². The molecule has 3 aromatic rings. The molecule has 1 aliphatic carbocycles. The zero-order valence-electron chi connectivity index (χ0n) is 11.2. The quantitative estimate of drug-likeness (QED) is 0.759. The van der Waals surface area contributed by atoms with Crippen molar-refractivity contribution in [2.45, 2.75) is 25.8 Å². The molecular weight excluding hydrogens is 310 g/mol. The van der Waals surface area contributed by atoms with Gasteiger partial charge < -0.3 is 11.1 Å². The smallest absolute Gasteiger partial charge is 0.263 e. The molecule has 4 rings (SSSR count). The van der Waals surface area contributed by atoms with Gasteiger partial charge in [0.05, 0.1) is 10.7 Å². The number of hydrogen-bond acceptors (Lipinski definition) is 5. The van der Waals surface area contributed by atoms with E-state index in [0.29, 0.717) is 27.3 Å². The Kier molecular flexibility index (Phi) is 2.64. The number of rotatable bonds is 2. The standard InChI is InChI=1S/C13H12ClN5OS/c1-5-7-9(15)10(12(20)17-6-2-3-6)21-13(7)19-4-16-18-11(19)8(5)14/h4,6H,2-3,15H2,1H3,(H,17,20). The number of anilines is 1. The number of fused-ring (bicyclic) bond motifs is 3. The van der Waals surface area contributed by atoms with E-state index in [1.165, 1.54) is 11.3 Å². The van der Waals surface area contributed by atoms with Crippen molar-refractivity contribution in [1.82, 2.24) is 19.9 Å². The van der Waals surface area contributed by atoms with Crippen molar-refractivity contribution in [3.8, 4) is 0 Å². The van der Waals surface area contributed by atoms with E-state index in [2.05, 4.69) is 15.5 Å². The van der Waals surface area contributed by atoms with Gasteiger partial charge >= 0.3 is 0 Å². The molecule has 1 saturated carbocycles. The third kappa shape index (κ3) is 1.81. The highest BCUT2D eigenvalue weighted by Crippen LogP contribution is 2.39. The van der Waals surface area contributed by atoms with Gasteiger partial charge in [-0.3, -0.25) is 9.20 Å². The highest BCUT2D eigenvalue weighted by atomic mass is 35.5. The van der Waals surface area contributed by atoms with Crippen molar-refractivity contribution in [2.24, 2.45) is 0 Å². The number of hydrogen-bond donors (Lipinski definition) is 2. The van der Waals surface area contributed by atoms with Gasteiger partial charge in [0.25, 0.3) is 5.91 Å². The first kappa shape index (κ1) is 12.8. The Morgan fingerprint density at radius 3 is 3.05 bits per heavy atom. The van der Waals surface area contributed by atoms with Crippen LogP contribution in [0.15, 0.2) is 6.33 Å². The van der Waals surface area contributed by atoms with Crippen LogP contribution in [0.4, 0.5) is 5.69 Å². The second-order valence-corrected chi connectivity index (χ2v) is 6.61. The predicted octanol–water partition coefficient (Wildman–Crippen LogP) is 2.38. The molecule has 8 heteroatoms. The summed E-state index contributed by atoms with van der Waals surface area (Å²) < 4.78 is 1.78. The summed E-state index contributed by atoms with van der Waals surface area (Å²) >= 11 is 7.67. The van der Waals surface area contributed by atoms with Crippen LogP contribution in [0, 0.1) is 6.92 Å². The molecule has 0 atom stereocenters. The van der Waals surface area contributed by atoms with E-state index in [4.69, 9.17) is 17.3 Å². The molecule has 1 amide bonds. The summed E-state index contributed by atoms with van der Waals surface area (Å²) in [5, 5.41) is 12.2. The minimum absolute atomic E-state index is 0.118. The van der Waals surface area contributed by atoms with Gasteiger partial charge in [-0.2, -0.15) is 0 Å². The summed E-state index contributed by atoms with van der Waals surface area (Å²) in [4.78, 5) is 13.7. The van der Waals surface area contributed by atoms with Gasteiger partial charge in [0.1, 0.15) is 16.0 Å². The molecule has 3 N–H and O–H groups in total. The van der Waals surface area contributed by atoms with Gasteiger partial charge in [-0.1, -0.05) is 11.6 Å². The fourth-order valence-corrected chi connectivity index (χ4v) is 3.80. The van der Waals surface area contributed by atoms with Crippen LogP contribution < -0.4 is 11.1 Å². The number of carbonyl (C=O) groups is 1. The summed E-state index contributed by atoms with van der Waals surface area (Å²) in [6, 6.07) is 0.293. The molecule has 0 bridgehead atoms. The van der Waals surface area contributed by atoms with Gasteiger partial charge in [-0.25, -0.2) is 0 Å². The molecule has 0 radical (unpaired) electrons. The average molecular weight is 322 g/mol. The van der Waals surface area contributed by atoms with Gasteiger partial charge in [-0.15, -0.1) is 21.5 Å². The molecular formula is C13H12ClN5OS. The minimum atomic E-state index is -0.118. The van der Waals surface area contributed by atoms with Crippen LogP contribution in [-0.2, 0) is 0 Å². The second-order valence-electron chi connectivity index (χ2n) is 5.24. The lowest BCUT2D eigenvalue weighted by Gasteiger charge is -2.04. The number of nitrogens with zero attached hydrogens (tertiary/aromatic N) is 3. The normalized spacial score (nSPS) is 15.0. The van der Waals surface area contributed by atoms with E-state index < -0.39 is 0 Å². The molecule has 0 aliphatic heterocycles. The zero-order valence-corrected chi connectivity index (χ0v) is 12.8. The van der Waals surface area contributed by atoms with Crippen LogP contribution >= 0.6 is 22.9 Å². The Hall–Kier alpha value is -1.86. The van der Waals surface area contributed by atoms with E-state index >= 15 is 0 Å². The van der Waals surface area contributed by atoms with Crippen molar-refractivity contribution in [2.75, 3.05) is 5.73 Å². The first-order chi connectivity index (χ1) is 10.1. The van der Waals surface area contributed by atoms with Crippen molar-refractivity contribution in [1.29, 1.82) is 0 Å². The lowest BCUT2D eigenvalue weighted by atomic mass is 10.1. The number of nitrogens with two attached hydrogens (primary N) is 1. The maximum atomic E-state index is 12.3. The average Bonchev–Trinajstić information content (AvgIpc) is 3.01. The first-order valence-electron chi connectivity index (χ1n) is 6.58. The summed E-state index contributed by atoms with van der Waals surface area (Å²) in [7, 11) is 0. The van der Waals surface area contributed by atoms with E-state index in [1.54, 1.807) is 10.7 Å². The molecule has 1 fully saturated rings. The van der Waals surface area contributed by atoms with Gasteiger partial charge in [0.2, 0.25) is 0 Å². The van der Waals surface area contributed by atoms with E-state index in [0.717, 1.165) is 28.6 Å². The molecule has 3 heterocycles. The van der Waals surface area contributed by atoms with Gasteiger partial charge in [-0.05, 0) is 25.3 Å². The third-order valence-electron chi connectivity index (χ3n) is 3.71. The number of thiophene rings is 1. The lowest BCUT2D eigenvalue weighted by Crippen LogP contribution is -2.25. The topological polar surface area (TPSA) is 85.3 Å². The number of nitrogen functional groups attached to an aromatic ring is 1. The number of nitrogens with one attached hydrogen (secondary N) is 1.